The zero-order valence-electron chi connectivity index (χ0n) is 9.67. The highest BCUT2D eigenvalue weighted by atomic mass is 32.1. The number of hydrogen-bond acceptors (Lipinski definition) is 2. The zero-order chi connectivity index (χ0) is 13.1. The maximum Gasteiger partial charge on any atom is 0.487 e. The summed E-state index contributed by atoms with van der Waals surface area (Å²) in [4.78, 5) is 12.8. The number of nitrogens with zero attached hydrogens (tertiary/aromatic N) is 1. The Morgan fingerprint density at radius 2 is 2.00 bits per heavy atom. The molecule has 0 aliphatic heterocycles. The highest BCUT2D eigenvalue weighted by Crippen LogP contribution is 2.26. The quantitative estimate of drug-likeness (QED) is 0.760. The van der Waals surface area contributed by atoms with Gasteiger partial charge in [0.05, 0.1) is 4.88 Å². The van der Waals surface area contributed by atoms with Gasteiger partial charge in [-0.1, -0.05) is 13.8 Å². The smallest absolute Gasteiger partial charge is 0.268 e. The van der Waals surface area contributed by atoms with Gasteiger partial charge in [0, 0.05) is 11.4 Å². The maximum atomic E-state index is 12.6. The second-order valence-electron chi connectivity index (χ2n) is 3.54. The lowest BCUT2D eigenvalue weighted by Gasteiger charge is -2.23. The Hall–Kier alpha value is -1.04. The molecule has 0 saturated carbocycles. The molecule has 0 aliphatic carbocycles. The van der Waals surface area contributed by atoms with Gasteiger partial charge in [-0.3, -0.25) is 4.79 Å². The van der Waals surface area contributed by atoms with E-state index in [-0.39, 0.29) is 22.7 Å². The molecule has 0 fully saturated rings. The second-order valence-corrected chi connectivity index (χ2v) is 4.71. The molecule has 1 amide bonds. The van der Waals surface area contributed by atoms with Crippen molar-refractivity contribution in [1.29, 1.82) is 0 Å². The van der Waals surface area contributed by atoms with E-state index in [1.54, 1.807) is 13.0 Å². The lowest BCUT2D eigenvalue weighted by molar-refractivity contribution is -0.224. The van der Waals surface area contributed by atoms with Gasteiger partial charge in [0.15, 0.2) is 0 Å². The molecule has 2 nitrogen and oxygen atoms in total. The molecule has 0 bridgehead atoms. The lowest BCUT2D eigenvalue weighted by Crippen LogP contribution is -2.42. The Kier molecular flexibility index (Phi) is 4.56. The van der Waals surface area contributed by atoms with E-state index in [1.807, 2.05) is 6.92 Å². The van der Waals surface area contributed by atoms with E-state index in [0.717, 1.165) is 22.6 Å². The van der Waals surface area contributed by atoms with Crippen LogP contribution in [0.1, 0.15) is 34.8 Å². The van der Waals surface area contributed by atoms with Crippen molar-refractivity contribution in [3.63, 3.8) is 0 Å². The van der Waals surface area contributed by atoms with Gasteiger partial charge < -0.3 is 0 Å². The van der Waals surface area contributed by atoms with Gasteiger partial charge in [-0.05, 0) is 25.0 Å². The average molecular weight is 265 g/mol. The molecule has 96 valence electrons. The minimum absolute atomic E-state index is 0.0295. The van der Waals surface area contributed by atoms with Crippen LogP contribution in [-0.2, 0) is 6.42 Å². The number of thiophene rings is 1. The first-order valence-corrected chi connectivity index (χ1v) is 6.19. The van der Waals surface area contributed by atoms with Crippen LogP contribution in [0.5, 0.6) is 0 Å². The lowest BCUT2D eigenvalue weighted by atomic mass is 10.3. The first-order valence-electron chi connectivity index (χ1n) is 5.37. The number of amides is 1. The van der Waals surface area contributed by atoms with E-state index in [0.29, 0.717) is 0 Å². The number of alkyl halides is 3. The first-order chi connectivity index (χ1) is 7.90. The van der Waals surface area contributed by atoms with Gasteiger partial charge in [-0.15, -0.1) is 24.5 Å². The van der Waals surface area contributed by atoms with Crippen LogP contribution in [0.3, 0.4) is 0 Å². The topological polar surface area (TPSA) is 20.3 Å². The number of carbonyl (C=O) groups excluding carboxylic acids is 1. The van der Waals surface area contributed by atoms with Crippen molar-refractivity contribution in [2.45, 2.75) is 33.0 Å². The molecule has 0 spiro atoms. The van der Waals surface area contributed by atoms with Crippen molar-refractivity contribution in [2.24, 2.45) is 0 Å². The van der Waals surface area contributed by atoms with E-state index < -0.39 is 12.2 Å². The van der Waals surface area contributed by atoms with Gasteiger partial charge >= 0.3 is 6.30 Å². The van der Waals surface area contributed by atoms with E-state index in [2.05, 4.69) is 0 Å². The summed E-state index contributed by atoms with van der Waals surface area (Å²) in [6, 6.07) is 3.15. The van der Waals surface area contributed by atoms with Gasteiger partial charge in [-0.25, -0.2) is 4.90 Å². The fraction of sp³-hybridized carbons (Fsp3) is 0.545. The number of aryl methyl sites for hydroxylation is 1. The van der Waals surface area contributed by atoms with Crippen molar-refractivity contribution in [2.75, 3.05) is 6.54 Å². The molecule has 1 aromatic heterocycles. The predicted octanol–water partition coefficient (Wildman–Crippen LogP) is 3.68. The number of carbonyl (C=O) groups is 1. The molecule has 17 heavy (non-hydrogen) atoms. The molecule has 6 heteroatoms. The summed E-state index contributed by atoms with van der Waals surface area (Å²) in [6.45, 7) is 3.20. The monoisotopic (exact) mass is 265 g/mol. The standard InChI is InChI=1S/C11H14F3NOS/c1-3-7-15(11(12,13)14)10(16)9-6-5-8(4-2)17-9/h5-6H,3-4,7H2,1-2H3. The zero-order valence-corrected chi connectivity index (χ0v) is 10.5. The van der Waals surface area contributed by atoms with Crippen LogP contribution in [0, 0.1) is 0 Å². The molecule has 0 aliphatic rings. The Labute approximate surface area is 102 Å². The Balaban J connectivity index is 2.91. The Bertz CT molecular complexity index is 386. The SMILES string of the molecule is CCCN(C(=O)c1ccc(CC)s1)C(F)(F)F. The molecule has 1 aromatic rings. The summed E-state index contributed by atoms with van der Waals surface area (Å²) in [7, 11) is 0. The Morgan fingerprint density at radius 3 is 2.41 bits per heavy atom. The summed E-state index contributed by atoms with van der Waals surface area (Å²) in [5, 5.41) is 0. The number of hydrogen-bond donors (Lipinski definition) is 0. The summed E-state index contributed by atoms with van der Waals surface area (Å²) >= 11 is 1.12. The molecule has 0 N–H and O–H groups in total. The van der Waals surface area contributed by atoms with Crippen LogP contribution in [0.25, 0.3) is 0 Å². The average Bonchev–Trinajstić information content (AvgIpc) is 2.71. The molecule has 0 unspecified atom stereocenters. The van der Waals surface area contributed by atoms with Gasteiger partial charge in [-0.2, -0.15) is 0 Å². The van der Waals surface area contributed by atoms with Crippen LogP contribution in [-0.4, -0.2) is 23.7 Å². The molecule has 1 heterocycles. The summed E-state index contributed by atoms with van der Waals surface area (Å²) < 4.78 is 37.9. The molecule has 0 saturated heterocycles. The van der Waals surface area contributed by atoms with Crippen molar-refractivity contribution in [3.8, 4) is 0 Å². The van der Waals surface area contributed by atoms with Crippen LogP contribution in [0.15, 0.2) is 12.1 Å². The summed E-state index contributed by atoms with van der Waals surface area (Å²) in [6.07, 6.45) is -3.61. The van der Waals surface area contributed by atoms with E-state index in [1.165, 1.54) is 6.07 Å². The number of rotatable bonds is 4. The largest absolute Gasteiger partial charge is 0.487 e. The minimum atomic E-state index is -4.61. The van der Waals surface area contributed by atoms with E-state index >= 15 is 0 Å². The molecular weight excluding hydrogens is 251 g/mol. The molecule has 0 radical (unpaired) electrons. The summed E-state index contributed by atoms with van der Waals surface area (Å²) in [5.74, 6) is -0.955. The third-order valence-electron chi connectivity index (χ3n) is 2.22. The third kappa shape index (κ3) is 3.46. The normalized spacial score (nSPS) is 11.6. The highest BCUT2D eigenvalue weighted by molar-refractivity contribution is 7.14. The minimum Gasteiger partial charge on any atom is -0.268 e. The second kappa shape index (κ2) is 5.53. The number of halogens is 3. The van der Waals surface area contributed by atoms with Crippen LogP contribution >= 0.6 is 11.3 Å². The molecule has 1 rings (SSSR count). The van der Waals surface area contributed by atoms with Gasteiger partial charge in [0.1, 0.15) is 0 Å². The maximum absolute atomic E-state index is 12.6. The van der Waals surface area contributed by atoms with Crippen LogP contribution in [0.2, 0.25) is 0 Å². The summed E-state index contributed by atoms with van der Waals surface area (Å²) in [5.41, 5.74) is 0. The van der Waals surface area contributed by atoms with Crippen molar-refractivity contribution < 1.29 is 18.0 Å². The highest BCUT2D eigenvalue weighted by Gasteiger charge is 2.40. The van der Waals surface area contributed by atoms with E-state index in [9.17, 15) is 18.0 Å². The molecule has 0 atom stereocenters. The van der Waals surface area contributed by atoms with Gasteiger partial charge in [0.2, 0.25) is 0 Å². The Morgan fingerprint density at radius 1 is 1.35 bits per heavy atom. The van der Waals surface area contributed by atoms with Crippen molar-refractivity contribution in [1.82, 2.24) is 4.90 Å². The predicted molar refractivity (Wildman–Crippen MR) is 61.1 cm³/mol. The third-order valence-corrected chi connectivity index (χ3v) is 3.44. The van der Waals surface area contributed by atoms with Crippen molar-refractivity contribution in [3.05, 3.63) is 21.9 Å². The van der Waals surface area contributed by atoms with Crippen molar-refractivity contribution >= 4 is 17.2 Å². The fourth-order valence-electron chi connectivity index (χ4n) is 1.38. The fourth-order valence-corrected chi connectivity index (χ4v) is 2.28. The first kappa shape index (κ1) is 14.0. The molecule has 0 aromatic carbocycles. The van der Waals surface area contributed by atoms with Gasteiger partial charge in [0.25, 0.3) is 5.91 Å². The van der Waals surface area contributed by atoms with Crippen LogP contribution in [0.4, 0.5) is 13.2 Å². The molecular formula is C11H14F3NOS. The van der Waals surface area contributed by atoms with Crippen LogP contribution < -0.4 is 0 Å². The van der Waals surface area contributed by atoms with E-state index in [4.69, 9.17) is 0 Å².